The van der Waals surface area contributed by atoms with Gasteiger partial charge < -0.3 is 5.32 Å². The van der Waals surface area contributed by atoms with Crippen LogP contribution in [0.2, 0.25) is 0 Å². The van der Waals surface area contributed by atoms with Crippen LogP contribution >= 0.6 is 0 Å². The Morgan fingerprint density at radius 1 is 1.33 bits per heavy atom. The maximum atomic E-state index is 11.9. The summed E-state index contributed by atoms with van der Waals surface area (Å²) in [5, 5.41) is 2.43. The van der Waals surface area contributed by atoms with Crippen LogP contribution in [0.3, 0.4) is 0 Å². The molecular formula is C13H15NO3S. The van der Waals surface area contributed by atoms with Crippen molar-refractivity contribution < 1.29 is 13.2 Å². The number of hydrogen-bond acceptors (Lipinski definition) is 3. The third kappa shape index (κ3) is 4.22. The summed E-state index contributed by atoms with van der Waals surface area (Å²) in [7, 11) is -3.41. The van der Waals surface area contributed by atoms with Crippen molar-refractivity contribution in [1.82, 2.24) is 5.32 Å². The molecule has 0 atom stereocenters. The number of aryl methyl sites for hydroxylation is 1. The van der Waals surface area contributed by atoms with Gasteiger partial charge >= 0.3 is 0 Å². The lowest BCUT2D eigenvalue weighted by molar-refractivity contribution is -0.120. The van der Waals surface area contributed by atoms with Crippen molar-refractivity contribution in [3.05, 3.63) is 29.8 Å². The molecule has 18 heavy (non-hydrogen) atoms. The van der Waals surface area contributed by atoms with Crippen LogP contribution in [0.1, 0.15) is 12.0 Å². The van der Waals surface area contributed by atoms with Gasteiger partial charge in [0, 0.05) is 6.42 Å². The lowest BCUT2D eigenvalue weighted by atomic mass is 10.2. The largest absolute Gasteiger partial charge is 0.345 e. The van der Waals surface area contributed by atoms with Gasteiger partial charge in [0.1, 0.15) is 0 Å². The molecule has 0 fully saturated rings. The van der Waals surface area contributed by atoms with Crippen LogP contribution in [0.25, 0.3) is 0 Å². The van der Waals surface area contributed by atoms with E-state index < -0.39 is 9.84 Å². The molecule has 5 heteroatoms. The summed E-state index contributed by atoms with van der Waals surface area (Å²) in [4.78, 5) is 11.5. The summed E-state index contributed by atoms with van der Waals surface area (Å²) in [6.07, 6.45) is 4.90. The number of hydrogen-bond donors (Lipinski definition) is 1. The van der Waals surface area contributed by atoms with Crippen molar-refractivity contribution in [3.63, 3.8) is 0 Å². The van der Waals surface area contributed by atoms with E-state index in [0.717, 1.165) is 5.56 Å². The molecule has 0 bridgehead atoms. The molecule has 1 N–H and O–H groups in total. The minimum absolute atomic E-state index is 0.0854. The molecule has 1 aromatic carbocycles. The smallest absolute Gasteiger partial charge is 0.221 e. The maximum absolute atomic E-state index is 11.9. The summed E-state index contributed by atoms with van der Waals surface area (Å²) >= 11 is 0. The second-order valence-electron chi connectivity index (χ2n) is 3.86. The fourth-order valence-electron chi connectivity index (χ4n) is 1.33. The Kier molecular flexibility index (Phi) is 4.93. The van der Waals surface area contributed by atoms with Gasteiger partial charge in [-0.25, -0.2) is 8.42 Å². The Morgan fingerprint density at radius 3 is 2.50 bits per heavy atom. The van der Waals surface area contributed by atoms with Gasteiger partial charge in [-0.1, -0.05) is 23.6 Å². The first-order valence-electron chi connectivity index (χ1n) is 5.45. The molecule has 0 aliphatic carbocycles. The highest BCUT2D eigenvalue weighted by atomic mass is 32.2. The zero-order valence-corrected chi connectivity index (χ0v) is 11.0. The molecule has 0 unspecified atom stereocenters. The number of nitrogens with one attached hydrogen (secondary N) is 1. The van der Waals surface area contributed by atoms with Gasteiger partial charge in [-0.05, 0) is 19.1 Å². The van der Waals surface area contributed by atoms with E-state index >= 15 is 0 Å². The summed E-state index contributed by atoms with van der Waals surface area (Å²) in [5.41, 5.74) is 0.987. The van der Waals surface area contributed by atoms with E-state index in [1.165, 1.54) is 0 Å². The SMILES string of the molecule is C#CCNC(=O)CCS(=O)(=O)c1ccc(C)cc1. The first-order chi connectivity index (χ1) is 8.45. The van der Waals surface area contributed by atoms with E-state index in [4.69, 9.17) is 6.42 Å². The highest BCUT2D eigenvalue weighted by Gasteiger charge is 2.15. The van der Waals surface area contributed by atoms with E-state index in [0.29, 0.717) is 0 Å². The number of carbonyl (C=O) groups is 1. The molecule has 0 saturated heterocycles. The van der Waals surface area contributed by atoms with Crippen LogP contribution in [0, 0.1) is 19.3 Å². The van der Waals surface area contributed by atoms with Gasteiger partial charge in [0.05, 0.1) is 17.2 Å². The molecule has 0 saturated carbocycles. The topological polar surface area (TPSA) is 63.2 Å². The third-order valence-corrected chi connectivity index (χ3v) is 4.10. The number of benzene rings is 1. The molecule has 0 aliphatic heterocycles. The summed E-state index contributed by atoms with van der Waals surface area (Å²) in [5.74, 6) is 1.68. The molecule has 0 spiro atoms. The highest BCUT2D eigenvalue weighted by molar-refractivity contribution is 7.91. The zero-order valence-electron chi connectivity index (χ0n) is 10.1. The molecular weight excluding hydrogens is 250 g/mol. The lowest BCUT2D eigenvalue weighted by Gasteiger charge is -2.05. The highest BCUT2D eigenvalue weighted by Crippen LogP contribution is 2.12. The number of rotatable bonds is 5. The van der Waals surface area contributed by atoms with Gasteiger partial charge in [0.25, 0.3) is 0 Å². The Hall–Kier alpha value is -1.80. The molecule has 0 aliphatic rings. The Labute approximate surface area is 107 Å². The molecule has 1 aromatic rings. The average molecular weight is 265 g/mol. The first kappa shape index (κ1) is 14.3. The Morgan fingerprint density at radius 2 is 1.94 bits per heavy atom. The fraction of sp³-hybridized carbons (Fsp3) is 0.308. The quantitative estimate of drug-likeness (QED) is 0.805. The summed E-state index contributed by atoms with van der Waals surface area (Å²) in [6.45, 7) is 1.99. The molecule has 0 heterocycles. The van der Waals surface area contributed by atoms with E-state index in [1.807, 2.05) is 6.92 Å². The minimum atomic E-state index is -3.41. The number of sulfone groups is 1. The van der Waals surface area contributed by atoms with Crippen molar-refractivity contribution in [2.75, 3.05) is 12.3 Å². The molecule has 1 amide bonds. The van der Waals surface area contributed by atoms with Crippen molar-refractivity contribution in [1.29, 1.82) is 0 Å². The van der Waals surface area contributed by atoms with Crippen molar-refractivity contribution >= 4 is 15.7 Å². The second-order valence-corrected chi connectivity index (χ2v) is 5.97. The normalized spacial score (nSPS) is 10.7. The lowest BCUT2D eigenvalue weighted by Crippen LogP contribution is -2.25. The first-order valence-corrected chi connectivity index (χ1v) is 7.10. The molecule has 0 aromatic heterocycles. The third-order valence-electron chi connectivity index (χ3n) is 2.37. The zero-order chi connectivity index (χ0) is 13.6. The number of terminal acetylenes is 1. The molecule has 96 valence electrons. The van der Waals surface area contributed by atoms with Crippen LogP contribution in [-0.2, 0) is 14.6 Å². The van der Waals surface area contributed by atoms with Crippen LogP contribution in [0.5, 0.6) is 0 Å². The van der Waals surface area contributed by atoms with E-state index in [9.17, 15) is 13.2 Å². The second kappa shape index (κ2) is 6.22. The van der Waals surface area contributed by atoms with Gasteiger partial charge in [-0.15, -0.1) is 6.42 Å². The van der Waals surface area contributed by atoms with Crippen LogP contribution in [0.15, 0.2) is 29.2 Å². The predicted octanol–water partition coefficient (Wildman–Crippen LogP) is 0.908. The molecule has 0 radical (unpaired) electrons. The standard InChI is InChI=1S/C13H15NO3S/c1-3-9-14-13(15)8-10-18(16,17)12-6-4-11(2)5-7-12/h1,4-7H,8-10H2,2H3,(H,14,15). The van der Waals surface area contributed by atoms with Gasteiger partial charge in [0.15, 0.2) is 9.84 Å². The van der Waals surface area contributed by atoms with Crippen molar-refractivity contribution in [3.8, 4) is 12.3 Å². The fourth-order valence-corrected chi connectivity index (χ4v) is 2.57. The van der Waals surface area contributed by atoms with E-state index in [1.54, 1.807) is 24.3 Å². The Balaban J connectivity index is 2.63. The van der Waals surface area contributed by atoms with Crippen LogP contribution < -0.4 is 5.32 Å². The predicted molar refractivity (Wildman–Crippen MR) is 69.7 cm³/mol. The van der Waals surface area contributed by atoms with Gasteiger partial charge in [0.2, 0.25) is 5.91 Å². The number of amides is 1. The van der Waals surface area contributed by atoms with Crippen LogP contribution in [-0.4, -0.2) is 26.6 Å². The van der Waals surface area contributed by atoms with Crippen molar-refractivity contribution in [2.24, 2.45) is 0 Å². The summed E-state index contributed by atoms with van der Waals surface area (Å²) < 4.78 is 23.8. The van der Waals surface area contributed by atoms with Gasteiger partial charge in [-0.2, -0.15) is 0 Å². The molecule has 1 rings (SSSR count). The maximum Gasteiger partial charge on any atom is 0.221 e. The van der Waals surface area contributed by atoms with E-state index in [-0.39, 0.29) is 29.5 Å². The monoisotopic (exact) mass is 265 g/mol. The summed E-state index contributed by atoms with van der Waals surface area (Å²) in [6, 6.07) is 6.55. The van der Waals surface area contributed by atoms with Crippen molar-refractivity contribution in [2.45, 2.75) is 18.2 Å². The Bertz CT molecular complexity index is 553. The molecule has 4 nitrogen and oxygen atoms in total. The van der Waals surface area contributed by atoms with Gasteiger partial charge in [-0.3, -0.25) is 4.79 Å². The van der Waals surface area contributed by atoms with E-state index in [2.05, 4.69) is 11.2 Å². The minimum Gasteiger partial charge on any atom is -0.345 e. The average Bonchev–Trinajstić information content (AvgIpc) is 2.34. The number of carbonyl (C=O) groups excluding carboxylic acids is 1. The van der Waals surface area contributed by atoms with Crippen LogP contribution in [0.4, 0.5) is 0 Å².